The molecular weight excluding hydrogens is 296 g/mol. The summed E-state index contributed by atoms with van der Waals surface area (Å²) in [5, 5.41) is 2.78. The molecule has 0 aliphatic heterocycles. The van der Waals surface area contributed by atoms with Crippen molar-refractivity contribution >= 4 is 11.8 Å². The molecule has 0 aliphatic rings. The van der Waals surface area contributed by atoms with Gasteiger partial charge in [-0.15, -0.1) is 0 Å². The van der Waals surface area contributed by atoms with Gasteiger partial charge >= 0.3 is 0 Å². The second-order valence-corrected chi connectivity index (χ2v) is 5.23. The molecule has 0 bridgehead atoms. The molecule has 2 amide bonds. The van der Waals surface area contributed by atoms with Crippen LogP contribution in [0.1, 0.15) is 25.8 Å². The lowest BCUT2D eigenvalue weighted by atomic mass is 10.1. The Hall–Kier alpha value is -2.24. The van der Waals surface area contributed by atoms with E-state index < -0.39 is 0 Å². The highest BCUT2D eigenvalue weighted by atomic mass is 16.5. The summed E-state index contributed by atoms with van der Waals surface area (Å²) in [4.78, 5) is 25.0. The van der Waals surface area contributed by atoms with Gasteiger partial charge in [0.1, 0.15) is 0 Å². The van der Waals surface area contributed by atoms with Crippen molar-refractivity contribution in [3.63, 3.8) is 0 Å². The zero-order valence-electron chi connectivity index (χ0n) is 14.3. The highest BCUT2D eigenvalue weighted by Crippen LogP contribution is 2.27. The molecule has 0 aromatic heterocycles. The Morgan fingerprint density at radius 1 is 1.17 bits per heavy atom. The zero-order valence-corrected chi connectivity index (χ0v) is 14.3. The third kappa shape index (κ3) is 6.18. The number of hydrogen-bond donors (Lipinski definition) is 1. The highest BCUT2D eigenvalue weighted by molar-refractivity contribution is 5.83. The SMILES string of the molecule is CCCNC(=O)CN(CCc1ccc(OC)c(OC)c1)C(C)=O. The number of nitrogens with zero attached hydrogens (tertiary/aromatic N) is 1. The van der Waals surface area contributed by atoms with Crippen LogP contribution in [0, 0.1) is 0 Å². The van der Waals surface area contributed by atoms with Crippen LogP contribution in [0.25, 0.3) is 0 Å². The van der Waals surface area contributed by atoms with Crippen LogP contribution < -0.4 is 14.8 Å². The molecule has 0 atom stereocenters. The summed E-state index contributed by atoms with van der Waals surface area (Å²) in [6.07, 6.45) is 1.51. The third-order valence-electron chi connectivity index (χ3n) is 3.47. The van der Waals surface area contributed by atoms with Crippen molar-refractivity contribution in [1.29, 1.82) is 0 Å². The van der Waals surface area contributed by atoms with E-state index in [4.69, 9.17) is 9.47 Å². The predicted molar refractivity (Wildman–Crippen MR) is 88.8 cm³/mol. The van der Waals surface area contributed by atoms with Crippen molar-refractivity contribution in [2.75, 3.05) is 33.9 Å². The molecule has 6 heteroatoms. The van der Waals surface area contributed by atoms with E-state index in [-0.39, 0.29) is 18.4 Å². The number of amides is 2. The molecule has 0 radical (unpaired) electrons. The van der Waals surface area contributed by atoms with Crippen LogP contribution in [-0.4, -0.2) is 50.6 Å². The van der Waals surface area contributed by atoms with Crippen molar-refractivity contribution in [2.24, 2.45) is 0 Å². The van der Waals surface area contributed by atoms with Gasteiger partial charge in [0.05, 0.1) is 20.8 Å². The summed E-state index contributed by atoms with van der Waals surface area (Å²) in [5.41, 5.74) is 1.02. The third-order valence-corrected chi connectivity index (χ3v) is 3.47. The quantitative estimate of drug-likeness (QED) is 0.750. The molecule has 1 N–H and O–H groups in total. The van der Waals surface area contributed by atoms with Gasteiger partial charge in [0.2, 0.25) is 11.8 Å². The molecule has 1 aromatic rings. The average molecular weight is 322 g/mol. The van der Waals surface area contributed by atoms with E-state index in [0.29, 0.717) is 31.0 Å². The fourth-order valence-electron chi connectivity index (χ4n) is 2.14. The van der Waals surface area contributed by atoms with Crippen molar-refractivity contribution in [3.8, 4) is 11.5 Å². The van der Waals surface area contributed by atoms with E-state index in [0.717, 1.165) is 12.0 Å². The van der Waals surface area contributed by atoms with E-state index in [2.05, 4.69) is 5.32 Å². The van der Waals surface area contributed by atoms with Crippen LogP contribution in [0.4, 0.5) is 0 Å². The lowest BCUT2D eigenvalue weighted by molar-refractivity contribution is -0.134. The molecule has 0 fully saturated rings. The largest absolute Gasteiger partial charge is 0.493 e. The first-order valence-corrected chi connectivity index (χ1v) is 7.74. The normalized spacial score (nSPS) is 10.1. The van der Waals surface area contributed by atoms with Gasteiger partial charge < -0.3 is 19.7 Å². The fraction of sp³-hybridized carbons (Fsp3) is 0.529. The maximum Gasteiger partial charge on any atom is 0.239 e. The Balaban J connectivity index is 2.65. The van der Waals surface area contributed by atoms with E-state index in [1.54, 1.807) is 19.1 Å². The standard InChI is InChI=1S/C17H26N2O4/c1-5-9-18-17(21)12-19(13(2)20)10-8-14-6-7-15(22-3)16(11-14)23-4/h6-7,11H,5,8-10,12H2,1-4H3,(H,18,21). The first-order valence-electron chi connectivity index (χ1n) is 7.74. The van der Waals surface area contributed by atoms with Gasteiger partial charge in [0.15, 0.2) is 11.5 Å². The molecule has 0 saturated heterocycles. The van der Waals surface area contributed by atoms with Gasteiger partial charge in [-0.05, 0) is 30.5 Å². The van der Waals surface area contributed by atoms with Crippen molar-refractivity contribution in [1.82, 2.24) is 10.2 Å². The molecule has 0 spiro atoms. The lowest BCUT2D eigenvalue weighted by Gasteiger charge is -2.20. The molecule has 1 rings (SSSR count). The topological polar surface area (TPSA) is 67.9 Å². The molecule has 0 unspecified atom stereocenters. The van der Waals surface area contributed by atoms with Crippen LogP contribution in [0.5, 0.6) is 11.5 Å². The number of hydrogen-bond acceptors (Lipinski definition) is 4. The van der Waals surface area contributed by atoms with Gasteiger partial charge in [-0.3, -0.25) is 9.59 Å². The number of ether oxygens (including phenoxy) is 2. The number of nitrogens with one attached hydrogen (secondary N) is 1. The van der Waals surface area contributed by atoms with E-state index >= 15 is 0 Å². The number of methoxy groups -OCH3 is 2. The van der Waals surface area contributed by atoms with Gasteiger partial charge in [0.25, 0.3) is 0 Å². The van der Waals surface area contributed by atoms with Crippen LogP contribution in [0.15, 0.2) is 18.2 Å². The van der Waals surface area contributed by atoms with Crippen molar-refractivity contribution in [2.45, 2.75) is 26.7 Å². The Morgan fingerprint density at radius 2 is 1.87 bits per heavy atom. The van der Waals surface area contributed by atoms with Gasteiger partial charge in [-0.25, -0.2) is 0 Å². The number of rotatable bonds is 9. The van der Waals surface area contributed by atoms with E-state index in [1.165, 1.54) is 6.92 Å². The second-order valence-electron chi connectivity index (χ2n) is 5.23. The minimum Gasteiger partial charge on any atom is -0.493 e. The van der Waals surface area contributed by atoms with Gasteiger partial charge in [-0.1, -0.05) is 13.0 Å². The van der Waals surface area contributed by atoms with E-state index in [9.17, 15) is 9.59 Å². The molecular formula is C17H26N2O4. The van der Waals surface area contributed by atoms with Crippen molar-refractivity contribution in [3.05, 3.63) is 23.8 Å². The maximum absolute atomic E-state index is 11.8. The summed E-state index contributed by atoms with van der Waals surface area (Å²) >= 11 is 0. The predicted octanol–water partition coefficient (Wildman–Crippen LogP) is 1.62. The molecule has 23 heavy (non-hydrogen) atoms. The Kier molecular flexibility index (Phi) is 7.94. The first kappa shape index (κ1) is 18.8. The molecule has 6 nitrogen and oxygen atoms in total. The van der Waals surface area contributed by atoms with Crippen LogP contribution in [0.2, 0.25) is 0 Å². The maximum atomic E-state index is 11.8. The molecule has 0 heterocycles. The number of benzene rings is 1. The van der Waals surface area contributed by atoms with Crippen molar-refractivity contribution < 1.29 is 19.1 Å². The van der Waals surface area contributed by atoms with Gasteiger partial charge in [0, 0.05) is 20.0 Å². The van der Waals surface area contributed by atoms with Crippen LogP contribution in [-0.2, 0) is 16.0 Å². The smallest absolute Gasteiger partial charge is 0.239 e. The molecule has 128 valence electrons. The Morgan fingerprint density at radius 3 is 2.43 bits per heavy atom. The summed E-state index contributed by atoms with van der Waals surface area (Å²) in [6.45, 7) is 4.65. The lowest BCUT2D eigenvalue weighted by Crippen LogP contribution is -2.40. The zero-order chi connectivity index (χ0) is 17.2. The minimum atomic E-state index is -0.130. The first-order chi connectivity index (χ1) is 11.0. The van der Waals surface area contributed by atoms with Crippen LogP contribution in [0.3, 0.4) is 0 Å². The minimum absolute atomic E-state index is 0.0859. The number of carbonyl (C=O) groups is 2. The highest BCUT2D eigenvalue weighted by Gasteiger charge is 2.14. The summed E-state index contributed by atoms with van der Waals surface area (Å²) in [7, 11) is 3.17. The van der Waals surface area contributed by atoms with Gasteiger partial charge in [-0.2, -0.15) is 0 Å². The van der Waals surface area contributed by atoms with E-state index in [1.807, 2.05) is 25.1 Å². The second kappa shape index (κ2) is 9.71. The fourth-order valence-corrected chi connectivity index (χ4v) is 2.14. The summed E-state index contributed by atoms with van der Waals surface area (Å²) < 4.78 is 10.5. The molecule has 0 aliphatic carbocycles. The molecule has 0 saturated carbocycles. The Labute approximate surface area is 137 Å². The molecule has 1 aromatic carbocycles. The number of carbonyl (C=O) groups excluding carboxylic acids is 2. The summed E-state index contributed by atoms with van der Waals surface area (Å²) in [5.74, 6) is 1.07. The average Bonchev–Trinajstić information content (AvgIpc) is 2.55. The van der Waals surface area contributed by atoms with Crippen LogP contribution >= 0.6 is 0 Å². The Bertz CT molecular complexity index is 531. The monoisotopic (exact) mass is 322 g/mol. The summed E-state index contributed by atoms with van der Waals surface area (Å²) in [6, 6.07) is 5.64.